The number of ether oxygens (including phenoxy) is 1. The Morgan fingerprint density at radius 3 is 2.63 bits per heavy atom. The Bertz CT molecular complexity index is 1330. The van der Waals surface area contributed by atoms with Crippen LogP contribution in [0.1, 0.15) is 16.7 Å². The van der Waals surface area contributed by atoms with Gasteiger partial charge in [-0.05, 0) is 81.6 Å². The second kappa shape index (κ2) is 11.1. The van der Waals surface area contributed by atoms with Crippen LogP contribution in [0.5, 0.6) is 5.75 Å². The van der Waals surface area contributed by atoms with Crippen molar-refractivity contribution in [3.8, 4) is 5.75 Å². The van der Waals surface area contributed by atoms with E-state index in [4.69, 9.17) is 16.3 Å². The number of amides is 3. The minimum Gasteiger partial charge on any atom is -0.488 e. The molecular formula is C26H20BrClN2O4S. The number of anilines is 1. The number of carbonyl (C=O) groups excluding carboxylic acids is 3. The second-order valence-corrected chi connectivity index (χ2v) is 10.0. The van der Waals surface area contributed by atoms with Crippen molar-refractivity contribution in [3.05, 3.63) is 97.8 Å². The van der Waals surface area contributed by atoms with Gasteiger partial charge < -0.3 is 10.1 Å². The molecule has 0 aromatic heterocycles. The molecule has 1 aliphatic heterocycles. The maximum absolute atomic E-state index is 12.8. The van der Waals surface area contributed by atoms with Crippen molar-refractivity contribution in [1.82, 2.24) is 4.90 Å². The minimum absolute atomic E-state index is 0.242. The Balaban J connectivity index is 1.41. The topological polar surface area (TPSA) is 75.7 Å². The summed E-state index contributed by atoms with van der Waals surface area (Å²) in [5, 5.41) is 2.68. The molecule has 0 radical (unpaired) electrons. The number of halogens is 2. The molecule has 1 heterocycles. The molecule has 0 aliphatic carbocycles. The lowest BCUT2D eigenvalue weighted by Gasteiger charge is -2.13. The number of nitrogens with one attached hydrogen (secondary N) is 1. The molecule has 1 saturated heterocycles. The third-order valence-corrected chi connectivity index (χ3v) is 6.90. The molecule has 178 valence electrons. The fraction of sp³-hybridized carbons (Fsp3) is 0.115. The minimum atomic E-state index is -0.515. The number of hydrogen-bond donors (Lipinski definition) is 1. The number of nitrogens with zero attached hydrogens (tertiary/aromatic N) is 1. The van der Waals surface area contributed by atoms with Crippen molar-refractivity contribution in [2.75, 3.05) is 11.9 Å². The molecule has 4 rings (SSSR count). The first-order valence-corrected chi connectivity index (χ1v) is 12.6. The van der Waals surface area contributed by atoms with Crippen LogP contribution in [0.2, 0.25) is 5.02 Å². The van der Waals surface area contributed by atoms with Gasteiger partial charge in [0, 0.05) is 10.7 Å². The zero-order valence-electron chi connectivity index (χ0n) is 18.6. The van der Waals surface area contributed by atoms with Crippen LogP contribution in [0.15, 0.2) is 76.1 Å². The van der Waals surface area contributed by atoms with Gasteiger partial charge in [0.15, 0.2) is 0 Å². The number of carbonyl (C=O) groups is 3. The van der Waals surface area contributed by atoms with Crippen LogP contribution in [0.25, 0.3) is 6.08 Å². The van der Waals surface area contributed by atoms with Crippen LogP contribution in [0.3, 0.4) is 0 Å². The van der Waals surface area contributed by atoms with E-state index in [1.807, 2.05) is 43.3 Å². The molecule has 3 aromatic carbocycles. The molecule has 9 heteroatoms. The SMILES string of the molecule is Cc1ccc(Cl)cc1NC(=O)CN1C(=O)S/C(=C/c2ccc(OCc3ccccc3)c(Br)c2)C1=O. The van der Waals surface area contributed by atoms with Gasteiger partial charge in [0.2, 0.25) is 5.91 Å². The second-order valence-electron chi connectivity index (χ2n) is 7.74. The van der Waals surface area contributed by atoms with Crippen LogP contribution >= 0.6 is 39.3 Å². The summed E-state index contributed by atoms with van der Waals surface area (Å²) < 4.78 is 6.58. The first-order valence-electron chi connectivity index (χ1n) is 10.6. The van der Waals surface area contributed by atoms with E-state index in [9.17, 15) is 14.4 Å². The van der Waals surface area contributed by atoms with E-state index in [2.05, 4.69) is 21.2 Å². The monoisotopic (exact) mass is 570 g/mol. The van der Waals surface area contributed by atoms with E-state index < -0.39 is 17.1 Å². The summed E-state index contributed by atoms with van der Waals surface area (Å²) in [4.78, 5) is 38.9. The molecule has 0 bridgehead atoms. The molecular weight excluding hydrogens is 552 g/mol. The maximum Gasteiger partial charge on any atom is 0.294 e. The summed E-state index contributed by atoms with van der Waals surface area (Å²) in [5.41, 5.74) is 3.11. The van der Waals surface area contributed by atoms with Crippen LogP contribution < -0.4 is 10.1 Å². The van der Waals surface area contributed by atoms with Gasteiger partial charge in [-0.1, -0.05) is 54.1 Å². The summed E-state index contributed by atoms with van der Waals surface area (Å²) in [6.07, 6.45) is 1.62. The van der Waals surface area contributed by atoms with Crippen molar-refractivity contribution in [2.24, 2.45) is 0 Å². The number of imide groups is 1. The number of thioether (sulfide) groups is 1. The lowest BCUT2D eigenvalue weighted by Crippen LogP contribution is -2.36. The van der Waals surface area contributed by atoms with E-state index >= 15 is 0 Å². The Hall–Kier alpha value is -3.07. The molecule has 6 nitrogen and oxygen atoms in total. The normalized spacial score (nSPS) is 14.5. The number of benzene rings is 3. The Kier molecular flexibility index (Phi) is 7.95. The van der Waals surface area contributed by atoms with E-state index in [1.165, 1.54) is 0 Å². The third kappa shape index (κ3) is 6.33. The van der Waals surface area contributed by atoms with E-state index in [-0.39, 0.29) is 11.4 Å². The molecule has 1 aliphatic rings. The zero-order chi connectivity index (χ0) is 24.9. The molecule has 1 N–H and O–H groups in total. The summed E-state index contributed by atoms with van der Waals surface area (Å²) in [6, 6.07) is 20.3. The first kappa shape index (κ1) is 25.0. The average molecular weight is 572 g/mol. The van der Waals surface area contributed by atoms with Gasteiger partial charge in [-0.3, -0.25) is 19.3 Å². The lowest BCUT2D eigenvalue weighted by molar-refractivity contribution is -0.127. The number of aryl methyl sites for hydroxylation is 1. The van der Waals surface area contributed by atoms with E-state index in [0.29, 0.717) is 28.6 Å². The van der Waals surface area contributed by atoms with Crippen molar-refractivity contribution < 1.29 is 19.1 Å². The van der Waals surface area contributed by atoms with Crippen molar-refractivity contribution in [1.29, 1.82) is 0 Å². The zero-order valence-corrected chi connectivity index (χ0v) is 21.7. The Labute approximate surface area is 220 Å². The summed E-state index contributed by atoms with van der Waals surface area (Å²) in [7, 11) is 0. The smallest absolute Gasteiger partial charge is 0.294 e. The van der Waals surface area contributed by atoms with Gasteiger partial charge in [-0.15, -0.1) is 0 Å². The Morgan fingerprint density at radius 1 is 1.11 bits per heavy atom. The van der Waals surface area contributed by atoms with Crippen LogP contribution in [0.4, 0.5) is 10.5 Å². The Morgan fingerprint density at radius 2 is 1.89 bits per heavy atom. The highest BCUT2D eigenvalue weighted by Crippen LogP contribution is 2.34. The highest BCUT2D eigenvalue weighted by Gasteiger charge is 2.36. The molecule has 0 atom stereocenters. The molecule has 0 spiro atoms. The lowest BCUT2D eigenvalue weighted by atomic mass is 10.2. The highest BCUT2D eigenvalue weighted by molar-refractivity contribution is 9.10. The summed E-state index contributed by atoms with van der Waals surface area (Å²) in [5.74, 6) is -0.341. The molecule has 0 saturated carbocycles. The van der Waals surface area contributed by atoms with Gasteiger partial charge in [0.25, 0.3) is 11.1 Å². The molecule has 3 amide bonds. The van der Waals surface area contributed by atoms with Gasteiger partial charge in [-0.2, -0.15) is 0 Å². The van der Waals surface area contributed by atoms with Crippen molar-refractivity contribution >= 4 is 68.1 Å². The van der Waals surface area contributed by atoms with Crippen LogP contribution in [-0.4, -0.2) is 28.5 Å². The quantitative estimate of drug-likeness (QED) is 0.321. The van der Waals surface area contributed by atoms with E-state index in [1.54, 1.807) is 36.4 Å². The van der Waals surface area contributed by atoms with Gasteiger partial charge >= 0.3 is 0 Å². The predicted molar refractivity (Wildman–Crippen MR) is 142 cm³/mol. The van der Waals surface area contributed by atoms with Gasteiger partial charge in [0.1, 0.15) is 18.9 Å². The summed E-state index contributed by atoms with van der Waals surface area (Å²) in [6.45, 7) is 1.86. The standard InChI is InChI=1S/C26H20BrClN2O4S/c1-16-7-9-19(28)13-21(16)29-24(31)14-30-25(32)23(35-26(30)33)12-18-8-10-22(20(27)11-18)34-15-17-5-3-2-4-6-17/h2-13H,14-15H2,1H3,(H,29,31)/b23-12+. The highest BCUT2D eigenvalue weighted by atomic mass is 79.9. The summed E-state index contributed by atoms with van der Waals surface area (Å²) >= 11 is 10.3. The maximum atomic E-state index is 12.8. The first-order chi connectivity index (χ1) is 16.8. The number of rotatable bonds is 7. The molecule has 1 fully saturated rings. The van der Waals surface area contributed by atoms with Crippen molar-refractivity contribution in [2.45, 2.75) is 13.5 Å². The van der Waals surface area contributed by atoms with Crippen LogP contribution in [-0.2, 0) is 16.2 Å². The molecule has 35 heavy (non-hydrogen) atoms. The van der Waals surface area contributed by atoms with Gasteiger partial charge in [0.05, 0.1) is 9.38 Å². The van der Waals surface area contributed by atoms with Crippen LogP contribution in [0, 0.1) is 6.92 Å². The average Bonchev–Trinajstić information content (AvgIpc) is 3.09. The predicted octanol–water partition coefficient (Wildman–Crippen LogP) is 6.66. The fourth-order valence-corrected chi connectivity index (χ4v) is 4.83. The largest absolute Gasteiger partial charge is 0.488 e. The third-order valence-electron chi connectivity index (χ3n) is 5.14. The molecule has 3 aromatic rings. The van der Waals surface area contributed by atoms with E-state index in [0.717, 1.165) is 32.3 Å². The van der Waals surface area contributed by atoms with Gasteiger partial charge in [-0.25, -0.2) is 0 Å². The number of hydrogen-bond acceptors (Lipinski definition) is 5. The molecule has 0 unspecified atom stereocenters. The van der Waals surface area contributed by atoms with Crippen molar-refractivity contribution in [3.63, 3.8) is 0 Å². The fourth-order valence-electron chi connectivity index (χ4n) is 3.31.